The van der Waals surface area contributed by atoms with E-state index in [1.807, 2.05) is 30.3 Å². The number of urea groups is 1. The zero-order valence-electron chi connectivity index (χ0n) is 20.8. The molecular formula is C28H38FN3O3. The Hall–Kier alpha value is -2.64. The van der Waals surface area contributed by atoms with Gasteiger partial charge in [-0.3, -0.25) is 9.80 Å². The van der Waals surface area contributed by atoms with Crippen molar-refractivity contribution in [1.29, 1.82) is 0 Å². The normalized spacial score (nSPS) is 23.1. The Morgan fingerprint density at radius 2 is 1.91 bits per heavy atom. The number of nitrogens with zero attached hydrogens (tertiary/aromatic N) is 2. The van der Waals surface area contributed by atoms with Gasteiger partial charge in [0.2, 0.25) is 0 Å². The number of halogens is 1. The third-order valence-electron chi connectivity index (χ3n) is 8.01. The number of anilines is 1. The molecule has 2 aliphatic rings. The summed E-state index contributed by atoms with van der Waals surface area (Å²) in [5.41, 5.74) is 6.53. The second kappa shape index (κ2) is 11.0. The average molecular weight is 484 g/mol. The number of carbonyl (C=O) groups excluding carboxylic acids is 1. The van der Waals surface area contributed by atoms with Gasteiger partial charge in [-0.2, -0.15) is 0 Å². The van der Waals surface area contributed by atoms with E-state index in [4.69, 9.17) is 10.5 Å². The fourth-order valence-electron chi connectivity index (χ4n) is 5.96. The molecule has 190 valence electrons. The Bertz CT molecular complexity index is 995. The molecule has 3 atom stereocenters. The van der Waals surface area contributed by atoms with E-state index < -0.39 is 11.6 Å². The molecule has 4 rings (SSSR count). The van der Waals surface area contributed by atoms with Gasteiger partial charge in [-0.15, -0.1) is 0 Å². The zero-order chi connectivity index (χ0) is 25.0. The molecule has 0 radical (unpaired) electrons. The number of hydrogen-bond donors (Lipinski definition) is 2. The first kappa shape index (κ1) is 25.5. The van der Waals surface area contributed by atoms with Gasteiger partial charge in [0.25, 0.3) is 0 Å². The van der Waals surface area contributed by atoms with E-state index >= 15 is 0 Å². The van der Waals surface area contributed by atoms with E-state index in [0.717, 1.165) is 45.1 Å². The number of likely N-dealkylation sites (tertiary alicyclic amines) is 1. The zero-order valence-corrected chi connectivity index (χ0v) is 20.8. The van der Waals surface area contributed by atoms with Gasteiger partial charge in [0.05, 0.1) is 19.3 Å². The molecule has 1 saturated carbocycles. The molecule has 2 fully saturated rings. The van der Waals surface area contributed by atoms with E-state index in [-0.39, 0.29) is 24.3 Å². The van der Waals surface area contributed by atoms with Crippen LogP contribution in [0.25, 0.3) is 0 Å². The van der Waals surface area contributed by atoms with Crippen LogP contribution in [0.15, 0.2) is 48.5 Å². The summed E-state index contributed by atoms with van der Waals surface area (Å²) in [4.78, 5) is 16.4. The van der Waals surface area contributed by atoms with Crippen LogP contribution in [-0.4, -0.2) is 54.4 Å². The molecule has 2 aromatic carbocycles. The molecule has 35 heavy (non-hydrogen) atoms. The van der Waals surface area contributed by atoms with Crippen LogP contribution < -0.4 is 15.4 Å². The highest BCUT2D eigenvalue weighted by Gasteiger charge is 2.43. The second-order valence-corrected chi connectivity index (χ2v) is 10.3. The Kier molecular flexibility index (Phi) is 7.97. The molecule has 1 aliphatic heterocycles. The minimum absolute atomic E-state index is 0.108. The molecule has 2 amide bonds. The summed E-state index contributed by atoms with van der Waals surface area (Å²) in [5, 5.41) is 12.1. The molecule has 1 heterocycles. The number of primary amides is 1. The van der Waals surface area contributed by atoms with Crippen LogP contribution in [0.2, 0.25) is 0 Å². The number of carbonyl (C=O) groups is 1. The van der Waals surface area contributed by atoms with Crippen molar-refractivity contribution in [2.75, 3.05) is 31.6 Å². The number of β-amino-alcohol motifs (C(OH)–C–C–N with tert-alkyl or cyclic N) is 1. The van der Waals surface area contributed by atoms with Crippen molar-refractivity contribution in [3.8, 4) is 5.75 Å². The van der Waals surface area contributed by atoms with E-state index in [0.29, 0.717) is 23.9 Å². The summed E-state index contributed by atoms with van der Waals surface area (Å²) in [6.07, 6.45) is 5.97. The van der Waals surface area contributed by atoms with Crippen molar-refractivity contribution >= 4 is 11.7 Å². The van der Waals surface area contributed by atoms with Gasteiger partial charge in [-0.25, -0.2) is 9.18 Å². The molecule has 2 aromatic rings. The monoisotopic (exact) mass is 483 g/mol. The van der Waals surface area contributed by atoms with Gasteiger partial charge in [-0.1, -0.05) is 31.0 Å². The highest BCUT2D eigenvalue weighted by Crippen LogP contribution is 2.39. The largest absolute Gasteiger partial charge is 0.497 e. The number of ether oxygens (including phenoxy) is 1. The minimum Gasteiger partial charge on any atom is -0.497 e. The molecule has 3 N–H and O–H groups in total. The third-order valence-corrected chi connectivity index (χ3v) is 8.01. The number of hydrogen-bond acceptors (Lipinski definition) is 4. The van der Waals surface area contributed by atoms with Crippen LogP contribution in [-0.2, 0) is 0 Å². The lowest BCUT2D eigenvalue weighted by molar-refractivity contribution is -0.0509. The van der Waals surface area contributed by atoms with Crippen LogP contribution in [0.5, 0.6) is 5.75 Å². The quantitative estimate of drug-likeness (QED) is 0.559. The van der Waals surface area contributed by atoms with E-state index in [1.54, 1.807) is 13.2 Å². The lowest BCUT2D eigenvalue weighted by Crippen LogP contribution is -2.59. The third kappa shape index (κ3) is 5.96. The fraction of sp³-hybridized carbons (Fsp3) is 0.536. The van der Waals surface area contributed by atoms with E-state index in [2.05, 4.69) is 11.8 Å². The van der Waals surface area contributed by atoms with Crippen LogP contribution >= 0.6 is 0 Å². The molecule has 1 saturated heterocycles. The number of benzene rings is 2. The van der Waals surface area contributed by atoms with Crippen molar-refractivity contribution in [2.24, 2.45) is 11.7 Å². The first-order valence-electron chi connectivity index (χ1n) is 12.7. The smallest absolute Gasteiger partial charge is 0.319 e. The average Bonchev–Trinajstić information content (AvgIpc) is 3.40. The molecule has 3 unspecified atom stereocenters. The maximum absolute atomic E-state index is 13.4. The molecule has 7 heteroatoms. The first-order chi connectivity index (χ1) is 16.8. The SMILES string of the molecule is COc1cccc(N(CC(O)(CN2CCC(c3ccc(F)cc3)CC2C)C2CCCC2)C(N)=O)c1. The molecule has 0 spiro atoms. The molecule has 1 aliphatic carbocycles. The Morgan fingerprint density at radius 3 is 2.54 bits per heavy atom. The Balaban J connectivity index is 1.52. The predicted molar refractivity (Wildman–Crippen MR) is 136 cm³/mol. The van der Waals surface area contributed by atoms with Crippen molar-refractivity contribution in [3.63, 3.8) is 0 Å². The van der Waals surface area contributed by atoms with Gasteiger partial charge < -0.3 is 15.6 Å². The number of amides is 2. The second-order valence-electron chi connectivity index (χ2n) is 10.3. The maximum atomic E-state index is 13.4. The van der Waals surface area contributed by atoms with Gasteiger partial charge >= 0.3 is 6.03 Å². The van der Waals surface area contributed by atoms with Gasteiger partial charge in [0.15, 0.2) is 0 Å². The summed E-state index contributed by atoms with van der Waals surface area (Å²) < 4.78 is 18.7. The van der Waals surface area contributed by atoms with Crippen molar-refractivity contribution in [2.45, 2.75) is 63.0 Å². The number of rotatable bonds is 8. The first-order valence-corrected chi connectivity index (χ1v) is 12.7. The van der Waals surface area contributed by atoms with Gasteiger partial charge in [0, 0.05) is 24.3 Å². The fourth-order valence-corrected chi connectivity index (χ4v) is 5.96. The van der Waals surface area contributed by atoms with Crippen molar-refractivity contribution in [1.82, 2.24) is 4.90 Å². The summed E-state index contributed by atoms with van der Waals surface area (Å²) in [6.45, 7) is 3.67. The van der Waals surface area contributed by atoms with Crippen LogP contribution in [0.1, 0.15) is 56.9 Å². The standard InChI is InChI=1S/C28H38FN3O3/c1-20-16-22(21-10-12-24(29)13-11-21)14-15-31(20)18-28(34,23-6-3-4-7-23)19-32(27(30)33)25-8-5-9-26(17-25)35-2/h5,8-13,17,20,22-23,34H,3-4,6-7,14-16,18-19H2,1-2H3,(H2,30,33). The molecule has 0 aromatic heterocycles. The topological polar surface area (TPSA) is 79.0 Å². The summed E-state index contributed by atoms with van der Waals surface area (Å²) >= 11 is 0. The highest BCUT2D eigenvalue weighted by molar-refractivity contribution is 5.91. The van der Waals surface area contributed by atoms with Crippen LogP contribution in [0.4, 0.5) is 14.9 Å². The molecule has 0 bridgehead atoms. The molecule has 6 nitrogen and oxygen atoms in total. The Labute approximate surface area is 207 Å². The van der Waals surface area contributed by atoms with Crippen LogP contribution in [0.3, 0.4) is 0 Å². The van der Waals surface area contributed by atoms with Crippen molar-refractivity contribution < 1.29 is 19.0 Å². The van der Waals surface area contributed by atoms with E-state index in [1.165, 1.54) is 22.6 Å². The number of methoxy groups -OCH3 is 1. The number of aliphatic hydroxyl groups is 1. The summed E-state index contributed by atoms with van der Waals surface area (Å²) in [5.74, 6) is 0.905. The summed E-state index contributed by atoms with van der Waals surface area (Å²) in [7, 11) is 1.58. The lowest BCUT2D eigenvalue weighted by atomic mass is 9.81. The molecular weight excluding hydrogens is 445 g/mol. The predicted octanol–water partition coefficient (Wildman–Crippen LogP) is 4.91. The summed E-state index contributed by atoms with van der Waals surface area (Å²) in [6, 6.07) is 13.7. The Morgan fingerprint density at radius 1 is 1.20 bits per heavy atom. The number of piperidine rings is 1. The maximum Gasteiger partial charge on any atom is 0.319 e. The number of nitrogens with two attached hydrogens (primary N) is 1. The van der Waals surface area contributed by atoms with Crippen LogP contribution in [0, 0.1) is 11.7 Å². The van der Waals surface area contributed by atoms with Crippen molar-refractivity contribution in [3.05, 3.63) is 59.9 Å². The lowest BCUT2D eigenvalue weighted by Gasteiger charge is -2.45. The minimum atomic E-state index is -1.08. The van der Waals surface area contributed by atoms with Gasteiger partial charge in [-0.05, 0) is 80.8 Å². The van der Waals surface area contributed by atoms with Gasteiger partial charge in [0.1, 0.15) is 11.6 Å². The van der Waals surface area contributed by atoms with E-state index in [9.17, 15) is 14.3 Å². The highest BCUT2D eigenvalue weighted by atomic mass is 19.1.